The van der Waals surface area contributed by atoms with Crippen LogP contribution in [-0.4, -0.2) is 41.6 Å². The zero-order valence-corrected chi connectivity index (χ0v) is 11.3. The standard InChI is InChI=1S/C13H24N2O3/c1-3-15(9-12(16)17)13(18)14-8-11-6-4-5-10(2)7-11/h10-11H,3-9H2,1-2H3,(H,14,18)(H,16,17). The summed E-state index contributed by atoms with van der Waals surface area (Å²) in [6.07, 6.45) is 4.83. The number of hydrogen-bond donors (Lipinski definition) is 2. The number of carbonyl (C=O) groups excluding carboxylic acids is 1. The Morgan fingerprint density at radius 1 is 1.39 bits per heavy atom. The molecule has 0 aromatic rings. The molecule has 1 rings (SSSR count). The first-order valence-corrected chi connectivity index (χ1v) is 6.77. The van der Waals surface area contributed by atoms with Gasteiger partial charge in [0.25, 0.3) is 0 Å². The molecule has 2 atom stereocenters. The first kappa shape index (κ1) is 14.8. The number of carboxylic acid groups (broad SMARTS) is 1. The molecule has 18 heavy (non-hydrogen) atoms. The molecule has 1 fully saturated rings. The molecular weight excluding hydrogens is 232 g/mol. The Labute approximate surface area is 109 Å². The first-order valence-electron chi connectivity index (χ1n) is 6.77. The Morgan fingerprint density at radius 2 is 2.11 bits per heavy atom. The minimum absolute atomic E-state index is 0.233. The van der Waals surface area contributed by atoms with Gasteiger partial charge < -0.3 is 15.3 Å². The fraction of sp³-hybridized carbons (Fsp3) is 0.846. The molecule has 2 N–H and O–H groups in total. The molecule has 0 bridgehead atoms. The van der Waals surface area contributed by atoms with Gasteiger partial charge in [0.1, 0.15) is 6.54 Å². The molecule has 2 unspecified atom stereocenters. The van der Waals surface area contributed by atoms with Crippen LogP contribution in [0.3, 0.4) is 0 Å². The highest BCUT2D eigenvalue weighted by atomic mass is 16.4. The van der Waals surface area contributed by atoms with Gasteiger partial charge in [-0.05, 0) is 31.6 Å². The predicted molar refractivity (Wildman–Crippen MR) is 69.4 cm³/mol. The average Bonchev–Trinajstić information content (AvgIpc) is 2.33. The number of hydrogen-bond acceptors (Lipinski definition) is 2. The maximum absolute atomic E-state index is 11.8. The number of nitrogens with one attached hydrogen (secondary N) is 1. The van der Waals surface area contributed by atoms with Crippen molar-refractivity contribution in [1.29, 1.82) is 0 Å². The van der Waals surface area contributed by atoms with Gasteiger partial charge >= 0.3 is 12.0 Å². The monoisotopic (exact) mass is 256 g/mol. The normalized spacial score (nSPS) is 23.4. The van der Waals surface area contributed by atoms with Crippen molar-refractivity contribution in [3.63, 3.8) is 0 Å². The fourth-order valence-corrected chi connectivity index (χ4v) is 2.58. The molecule has 2 amide bonds. The zero-order valence-electron chi connectivity index (χ0n) is 11.3. The van der Waals surface area contributed by atoms with Gasteiger partial charge in [-0.15, -0.1) is 0 Å². The summed E-state index contributed by atoms with van der Waals surface area (Å²) in [5, 5.41) is 11.5. The number of likely N-dealkylation sites (N-methyl/N-ethyl adjacent to an activating group) is 1. The second-order valence-corrected chi connectivity index (χ2v) is 5.23. The van der Waals surface area contributed by atoms with Crippen molar-refractivity contribution in [2.24, 2.45) is 11.8 Å². The van der Waals surface area contributed by atoms with Crippen LogP contribution >= 0.6 is 0 Å². The lowest BCUT2D eigenvalue weighted by molar-refractivity contribution is -0.137. The van der Waals surface area contributed by atoms with Crippen LogP contribution in [0.5, 0.6) is 0 Å². The van der Waals surface area contributed by atoms with Gasteiger partial charge in [0.2, 0.25) is 0 Å². The highest BCUT2D eigenvalue weighted by Gasteiger charge is 2.21. The Morgan fingerprint density at radius 3 is 2.67 bits per heavy atom. The van der Waals surface area contributed by atoms with Crippen LogP contribution < -0.4 is 5.32 Å². The number of amides is 2. The maximum atomic E-state index is 11.8. The van der Waals surface area contributed by atoms with E-state index in [1.54, 1.807) is 6.92 Å². The van der Waals surface area contributed by atoms with Crippen LogP contribution in [0.15, 0.2) is 0 Å². The van der Waals surface area contributed by atoms with Crippen molar-refractivity contribution in [3.05, 3.63) is 0 Å². The van der Waals surface area contributed by atoms with E-state index in [1.807, 2.05) is 0 Å². The van der Waals surface area contributed by atoms with Crippen LogP contribution in [-0.2, 0) is 4.79 Å². The van der Waals surface area contributed by atoms with Crippen molar-refractivity contribution in [2.45, 2.75) is 39.5 Å². The molecule has 5 heteroatoms. The number of carboxylic acids is 1. The number of rotatable bonds is 5. The summed E-state index contributed by atoms with van der Waals surface area (Å²) in [6.45, 7) is 4.88. The molecule has 0 aromatic heterocycles. The van der Waals surface area contributed by atoms with E-state index in [-0.39, 0.29) is 12.6 Å². The number of aliphatic carboxylic acids is 1. The molecule has 0 heterocycles. The lowest BCUT2D eigenvalue weighted by Crippen LogP contribution is -2.44. The lowest BCUT2D eigenvalue weighted by Gasteiger charge is -2.28. The molecule has 0 saturated heterocycles. The highest BCUT2D eigenvalue weighted by Crippen LogP contribution is 2.27. The summed E-state index contributed by atoms with van der Waals surface area (Å²) >= 11 is 0. The van der Waals surface area contributed by atoms with Gasteiger partial charge in [-0.1, -0.05) is 19.8 Å². The Bertz CT molecular complexity index is 294. The molecule has 0 aromatic carbocycles. The number of carbonyl (C=O) groups is 2. The van der Waals surface area contributed by atoms with Gasteiger partial charge in [-0.2, -0.15) is 0 Å². The molecule has 0 aliphatic heterocycles. The Kier molecular flexibility index (Phi) is 5.95. The van der Waals surface area contributed by atoms with Gasteiger partial charge in [0.15, 0.2) is 0 Å². The molecule has 1 aliphatic carbocycles. The average molecular weight is 256 g/mol. The molecule has 5 nitrogen and oxygen atoms in total. The molecule has 1 saturated carbocycles. The topological polar surface area (TPSA) is 69.6 Å². The highest BCUT2D eigenvalue weighted by molar-refractivity contribution is 5.79. The molecular formula is C13H24N2O3. The van der Waals surface area contributed by atoms with E-state index in [2.05, 4.69) is 12.2 Å². The summed E-state index contributed by atoms with van der Waals surface area (Å²) in [4.78, 5) is 23.7. The third-order valence-corrected chi connectivity index (χ3v) is 3.58. The van der Waals surface area contributed by atoms with E-state index in [0.717, 1.165) is 18.8 Å². The smallest absolute Gasteiger partial charge is 0.323 e. The second-order valence-electron chi connectivity index (χ2n) is 5.23. The minimum atomic E-state index is -0.974. The van der Waals surface area contributed by atoms with Gasteiger partial charge in [-0.25, -0.2) is 4.79 Å². The van der Waals surface area contributed by atoms with E-state index in [9.17, 15) is 9.59 Å². The van der Waals surface area contributed by atoms with Crippen molar-refractivity contribution in [1.82, 2.24) is 10.2 Å². The summed E-state index contributed by atoms with van der Waals surface area (Å²) in [6, 6.07) is -0.266. The third kappa shape index (κ3) is 4.94. The summed E-state index contributed by atoms with van der Waals surface area (Å²) < 4.78 is 0. The third-order valence-electron chi connectivity index (χ3n) is 3.58. The second kappa shape index (κ2) is 7.24. The number of nitrogens with zero attached hydrogens (tertiary/aromatic N) is 1. The van der Waals surface area contributed by atoms with Crippen LogP contribution in [0.25, 0.3) is 0 Å². The predicted octanol–water partition coefficient (Wildman–Crippen LogP) is 1.93. The molecule has 0 spiro atoms. The quantitative estimate of drug-likeness (QED) is 0.789. The van der Waals surface area contributed by atoms with Crippen molar-refractivity contribution < 1.29 is 14.7 Å². The zero-order chi connectivity index (χ0) is 13.5. The SMILES string of the molecule is CCN(CC(=O)O)C(=O)NCC1CCCC(C)C1. The Balaban J connectivity index is 2.32. The van der Waals surface area contributed by atoms with Crippen molar-refractivity contribution in [2.75, 3.05) is 19.6 Å². The number of urea groups is 1. The molecule has 104 valence electrons. The minimum Gasteiger partial charge on any atom is -0.480 e. The van der Waals surface area contributed by atoms with Gasteiger partial charge in [0.05, 0.1) is 0 Å². The molecule has 1 aliphatic rings. The van der Waals surface area contributed by atoms with Crippen molar-refractivity contribution in [3.8, 4) is 0 Å². The van der Waals surface area contributed by atoms with E-state index < -0.39 is 5.97 Å². The van der Waals surface area contributed by atoms with Crippen LogP contribution in [0.2, 0.25) is 0 Å². The van der Waals surface area contributed by atoms with Crippen molar-refractivity contribution >= 4 is 12.0 Å². The largest absolute Gasteiger partial charge is 0.480 e. The van der Waals surface area contributed by atoms with Gasteiger partial charge in [-0.3, -0.25) is 4.79 Å². The van der Waals surface area contributed by atoms with Crippen LogP contribution in [0, 0.1) is 11.8 Å². The summed E-state index contributed by atoms with van der Waals surface area (Å²) in [7, 11) is 0. The van der Waals surface area contributed by atoms with Crippen LogP contribution in [0.1, 0.15) is 39.5 Å². The maximum Gasteiger partial charge on any atom is 0.323 e. The van der Waals surface area contributed by atoms with E-state index in [1.165, 1.54) is 17.7 Å². The first-order chi connectivity index (χ1) is 8.52. The van der Waals surface area contributed by atoms with Gasteiger partial charge in [0, 0.05) is 13.1 Å². The van der Waals surface area contributed by atoms with E-state index in [4.69, 9.17) is 5.11 Å². The van der Waals surface area contributed by atoms with E-state index >= 15 is 0 Å². The summed E-state index contributed by atoms with van der Waals surface area (Å²) in [5.74, 6) is 0.307. The van der Waals surface area contributed by atoms with E-state index in [0.29, 0.717) is 19.0 Å². The molecule has 0 radical (unpaired) electrons. The fourth-order valence-electron chi connectivity index (χ4n) is 2.58. The Hall–Kier alpha value is -1.26. The lowest BCUT2D eigenvalue weighted by atomic mass is 9.82. The summed E-state index contributed by atoms with van der Waals surface area (Å²) in [5.41, 5.74) is 0. The van der Waals surface area contributed by atoms with Crippen LogP contribution in [0.4, 0.5) is 4.79 Å².